The average molecular weight is 264 g/mol. The third-order valence-corrected chi connectivity index (χ3v) is 2.92. The molecule has 1 unspecified atom stereocenters. The van der Waals surface area contributed by atoms with Crippen molar-refractivity contribution in [3.05, 3.63) is 24.3 Å². The fourth-order valence-corrected chi connectivity index (χ4v) is 2.02. The van der Waals surface area contributed by atoms with E-state index in [1.807, 2.05) is 31.2 Å². The predicted molar refractivity (Wildman–Crippen MR) is 72.5 cm³/mol. The van der Waals surface area contributed by atoms with Gasteiger partial charge in [-0.2, -0.15) is 0 Å². The zero-order chi connectivity index (χ0) is 13.5. The topological polar surface area (TPSA) is 59.6 Å². The van der Waals surface area contributed by atoms with Crippen molar-refractivity contribution in [2.75, 3.05) is 26.3 Å². The zero-order valence-electron chi connectivity index (χ0n) is 11.1. The smallest absolute Gasteiger partial charge is 0.221 e. The van der Waals surface area contributed by atoms with Crippen LogP contribution in [-0.4, -0.2) is 38.3 Å². The summed E-state index contributed by atoms with van der Waals surface area (Å²) >= 11 is 0. The van der Waals surface area contributed by atoms with Gasteiger partial charge in [0.2, 0.25) is 5.91 Å². The van der Waals surface area contributed by atoms with Gasteiger partial charge in [-0.1, -0.05) is 12.1 Å². The summed E-state index contributed by atoms with van der Waals surface area (Å²) in [7, 11) is 0. The van der Waals surface area contributed by atoms with Gasteiger partial charge in [-0.25, -0.2) is 0 Å². The van der Waals surface area contributed by atoms with Crippen LogP contribution in [0, 0.1) is 0 Å². The molecule has 1 aliphatic heterocycles. The maximum atomic E-state index is 11.0. The van der Waals surface area contributed by atoms with Gasteiger partial charge in [0.25, 0.3) is 0 Å². The highest BCUT2D eigenvalue weighted by Gasteiger charge is 2.20. The standard InChI is InChI=1S/C14H20N2O3/c1-2-18-12-5-3-4-6-13(12)19-8-7-15-11-9-14(17)16-10-11/h3-6,11,15H,2,7-10H2,1H3,(H,16,17). The molecule has 1 saturated heterocycles. The van der Waals surface area contributed by atoms with Crippen LogP contribution in [0.2, 0.25) is 0 Å². The number of rotatable bonds is 7. The van der Waals surface area contributed by atoms with E-state index < -0.39 is 0 Å². The molecular formula is C14H20N2O3. The molecule has 5 nitrogen and oxygen atoms in total. The van der Waals surface area contributed by atoms with Gasteiger partial charge in [-0.05, 0) is 19.1 Å². The van der Waals surface area contributed by atoms with Crippen molar-refractivity contribution in [3.63, 3.8) is 0 Å². The van der Waals surface area contributed by atoms with Crippen molar-refractivity contribution in [3.8, 4) is 11.5 Å². The Bertz CT molecular complexity index is 423. The number of benzene rings is 1. The molecule has 1 aromatic rings. The predicted octanol–water partition coefficient (Wildman–Crippen LogP) is 0.942. The van der Waals surface area contributed by atoms with Gasteiger partial charge in [0, 0.05) is 25.6 Å². The highest BCUT2D eigenvalue weighted by molar-refractivity contribution is 5.78. The summed E-state index contributed by atoms with van der Waals surface area (Å²) in [6, 6.07) is 7.85. The minimum atomic E-state index is 0.111. The van der Waals surface area contributed by atoms with Crippen LogP contribution >= 0.6 is 0 Å². The van der Waals surface area contributed by atoms with Gasteiger partial charge < -0.3 is 20.1 Å². The number of para-hydroxylation sites is 2. The van der Waals surface area contributed by atoms with Crippen LogP contribution in [0.1, 0.15) is 13.3 Å². The average Bonchev–Trinajstić information content (AvgIpc) is 2.83. The van der Waals surface area contributed by atoms with E-state index in [1.165, 1.54) is 0 Å². The molecule has 1 amide bonds. The molecule has 0 radical (unpaired) electrons. The van der Waals surface area contributed by atoms with E-state index in [0.29, 0.717) is 32.7 Å². The van der Waals surface area contributed by atoms with Crippen LogP contribution in [0.25, 0.3) is 0 Å². The molecule has 1 aromatic carbocycles. The SMILES string of the molecule is CCOc1ccccc1OCCNC1CNC(=O)C1. The normalized spacial score (nSPS) is 18.2. The van der Waals surface area contributed by atoms with Gasteiger partial charge in [0.15, 0.2) is 11.5 Å². The molecule has 1 fully saturated rings. The number of hydrogen-bond donors (Lipinski definition) is 2. The second kappa shape index (κ2) is 6.99. The molecule has 1 atom stereocenters. The Balaban J connectivity index is 1.72. The molecule has 104 valence electrons. The third kappa shape index (κ3) is 4.13. The number of carbonyl (C=O) groups excluding carboxylic acids is 1. The Morgan fingerprint density at radius 1 is 1.32 bits per heavy atom. The first kappa shape index (κ1) is 13.7. The Morgan fingerprint density at radius 3 is 2.68 bits per heavy atom. The molecule has 5 heteroatoms. The number of ether oxygens (including phenoxy) is 2. The molecule has 0 spiro atoms. The fraction of sp³-hybridized carbons (Fsp3) is 0.500. The lowest BCUT2D eigenvalue weighted by Gasteiger charge is -2.13. The second-order valence-electron chi connectivity index (χ2n) is 4.39. The van der Waals surface area contributed by atoms with Crippen LogP contribution in [0.3, 0.4) is 0 Å². The van der Waals surface area contributed by atoms with Crippen LogP contribution < -0.4 is 20.1 Å². The summed E-state index contributed by atoms with van der Waals surface area (Å²) in [5.74, 6) is 1.63. The lowest BCUT2D eigenvalue weighted by atomic mass is 10.2. The maximum Gasteiger partial charge on any atom is 0.221 e. The number of nitrogens with one attached hydrogen (secondary N) is 2. The van der Waals surface area contributed by atoms with E-state index in [9.17, 15) is 4.79 Å². The van der Waals surface area contributed by atoms with E-state index in [4.69, 9.17) is 9.47 Å². The van der Waals surface area contributed by atoms with Gasteiger partial charge in [-0.3, -0.25) is 4.79 Å². The molecule has 1 heterocycles. The fourth-order valence-electron chi connectivity index (χ4n) is 2.02. The summed E-state index contributed by atoms with van der Waals surface area (Å²) in [4.78, 5) is 11.0. The van der Waals surface area contributed by atoms with Gasteiger partial charge in [-0.15, -0.1) is 0 Å². The number of carbonyl (C=O) groups is 1. The molecule has 2 N–H and O–H groups in total. The second-order valence-corrected chi connectivity index (χ2v) is 4.39. The molecule has 0 saturated carbocycles. The molecule has 0 bridgehead atoms. The van der Waals surface area contributed by atoms with Crippen molar-refractivity contribution in [1.29, 1.82) is 0 Å². The lowest BCUT2D eigenvalue weighted by Crippen LogP contribution is -2.34. The molecule has 0 aliphatic carbocycles. The summed E-state index contributed by atoms with van der Waals surface area (Å²) in [6.07, 6.45) is 0.551. The maximum absolute atomic E-state index is 11.0. The van der Waals surface area contributed by atoms with Gasteiger partial charge in [0.1, 0.15) is 6.61 Å². The highest BCUT2D eigenvalue weighted by Crippen LogP contribution is 2.25. The molecule has 1 aliphatic rings. The summed E-state index contributed by atoms with van der Waals surface area (Å²) < 4.78 is 11.2. The zero-order valence-corrected chi connectivity index (χ0v) is 11.1. The van der Waals surface area contributed by atoms with E-state index in [0.717, 1.165) is 11.5 Å². The summed E-state index contributed by atoms with van der Waals surface area (Å²) in [5.41, 5.74) is 0. The largest absolute Gasteiger partial charge is 0.490 e. The van der Waals surface area contributed by atoms with E-state index >= 15 is 0 Å². The molecule has 19 heavy (non-hydrogen) atoms. The van der Waals surface area contributed by atoms with E-state index in [-0.39, 0.29) is 11.9 Å². The summed E-state index contributed by atoms with van der Waals surface area (Å²) in [5, 5.41) is 6.08. The van der Waals surface area contributed by atoms with Crippen LogP contribution in [0.5, 0.6) is 11.5 Å². The lowest BCUT2D eigenvalue weighted by molar-refractivity contribution is -0.119. The molecule has 0 aromatic heterocycles. The first-order valence-corrected chi connectivity index (χ1v) is 6.64. The molecular weight excluding hydrogens is 244 g/mol. The monoisotopic (exact) mass is 264 g/mol. The Morgan fingerprint density at radius 2 is 2.05 bits per heavy atom. The Kier molecular flexibility index (Phi) is 5.03. The van der Waals surface area contributed by atoms with E-state index in [2.05, 4.69) is 10.6 Å². The van der Waals surface area contributed by atoms with Crippen LogP contribution in [0.15, 0.2) is 24.3 Å². The minimum absolute atomic E-state index is 0.111. The van der Waals surface area contributed by atoms with Gasteiger partial charge >= 0.3 is 0 Å². The van der Waals surface area contributed by atoms with Crippen molar-refractivity contribution < 1.29 is 14.3 Å². The van der Waals surface area contributed by atoms with E-state index in [1.54, 1.807) is 0 Å². The Labute approximate surface area is 113 Å². The van der Waals surface area contributed by atoms with Crippen LogP contribution in [0.4, 0.5) is 0 Å². The molecule has 2 rings (SSSR count). The Hall–Kier alpha value is -1.75. The number of hydrogen-bond acceptors (Lipinski definition) is 4. The van der Waals surface area contributed by atoms with Crippen LogP contribution in [-0.2, 0) is 4.79 Å². The highest BCUT2D eigenvalue weighted by atomic mass is 16.5. The minimum Gasteiger partial charge on any atom is -0.490 e. The number of amides is 1. The van der Waals surface area contributed by atoms with Crippen molar-refractivity contribution >= 4 is 5.91 Å². The van der Waals surface area contributed by atoms with Crippen molar-refractivity contribution in [1.82, 2.24) is 10.6 Å². The first-order chi connectivity index (χ1) is 9.29. The quantitative estimate of drug-likeness (QED) is 0.720. The van der Waals surface area contributed by atoms with Crippen molar-refractivity contribution in [2.24, 2.45) is 0 Å². The first-order valence-electron chi connectivity index (χ1n) is 6.64. The summed E-state index contributed by atoms with van der Waals surface area (Å²) in [6.45, 7) is 4.53. The van der Waals surface area contributed by atoms with Gasteiger partial charge in [0.05, 0.1) is 6.61 Å². The third-order valence-electron chi connectivity index (χ3n) is 2.92. The van der Waals surface area contributed by atoms with Crippen molar-refractivity contribution in [2.45, 2.75) is 19.4 Å².